The molecule has 0 aliphatic carbocycles. The van der Waals surface area contributed by atoms with E-state index in [0.717, 1.165) is 0 Å². The number of nitrogen functional groups attached to an aromatic ring is 1. The topological polar surface area (TPSA) is 84.6 Å². The summed E-state index contributed by atoms with van der Waals surface area (Å²) in [4.78, 5) is 12.0. The van der Waals surface area contributed by atoms with Gasteiger partial charge in [0.05, 0.1) is 6.61 Å². The number of benzene rings is 1. The van der Waals surface area contributed by atoms with Crippen molar-refractivity contribution in [3.05, 3.63) is 23.8 Å². The molecule has 0 aliphatic heterocycles. The Bertz CT molecular complexity index is 407. The molecule has 0 spiro atoms. The summed E-state index contributed by atoms with van der Waals surface area (Å²) in [6, 6.07) is 5.12. The van der Waals surface area contributed by atoms with Crippen molar-refractivity contribution in [2.75, 3.05) is 25.5 Å². The van der Waals surface area contributed by atoms with Gasteiger partial charge in [0, 0.05) is 18.8 Å². The number of nitrogens with two attached hydrogens (primary N) is 1. The minimum Gasteiger partial charge on any atom is -0.493 e. The first kappa shape index (κ1) is 14.3. The summed E-state index contributed by atoms with van der Waals surface area (Å²) in [5.74, 6) is 0.206. The van der Waals surface area contributed by atoms with E-state index in [1.54, 1.807) is 18.2 Å². The molecule has 18 heavy (non-hydrogen) atoms. The number of carbonyl (C=O) groups is 1. The molecule has 5 nitrogen and oxygen atoms in total. The molecule has 0 bridgehead atoms. The largest absolute Gasteiger partial charge is 0.493 e. The Morgan fingerprint density at radius 3 is 2.89 bits per heavy atom. The smallest absolute Gasteiger partial charge is 0.257 e. The Labute approximate surface area is 107 Å². The summed E-state index contributed by atoms with van der Waals surface area (Å²) in [7, 11) is 0. The Kier molecular flexibility index (Phi) is 5.45. The fourth-order valence-electron chi connectivity index (χ4n) is 1.49. The molecule has 5 heteroatoms. The van der Waals surface area contributed by atoms with E-state index in [2.05, 4.69) is 5.32 Å². The van der Waals surface area contributed by atoms with Crippen molar-refractivity contribution in [3.8, 4) is 5.75 Å². The van der Waals surface area contributed by atoms with Crippen LogP contribution in [0.5, 0.6) is 5.75 Å². The van der Waals surface area contributed by atoms with Crippen LogP contribution >= 0.6 is 0 Å². The van der Waals surface area contributed by atoms with Gasteiger partial charge in [-0.05, 0) is 25.0 Å². The maximum absolute atomic E-state index is 12.0. The molecule has 0 heterocycles. The maximum Gasteiger partial charge on any atom is 0.257 e. The Morgan fingerprint density at radius 2 is 2.28 bits per heavy atom. The van der Waals surface area contributed by atoms with Gasteiger partial charge in [0.15, 0.2) is 0 Å². The molecule has 0 fully saturated rings. The monoisotopic (exact) mass is 252 g/mol. The zero-order valence-electron chi connectivity index (χ0n) is 10.8. The zero-order chi connectivity index (χ0) is 13.5. The number of hydrogen-bond acceptors (Lipinski definition) is 4. The molecular formula is C13H20N2O3. The molecule has 1 unspecified atom stereocenters. The summed E-state index contributed by atoms with van der Waals surface area (Å²) in [5, 5.41) is 11.6. The lowest BCUT2D eigenvalue weighted by Gasteiger charge is -2.14. The fraction of sp³-hybridized carbons (Fsp3) is 0.462. The molecule has 0 saturated carbocycles. The van der Waals surface area contributed by atoms with E-state index in [0.29, 0.717) is 30.2 Å². The molecule has 0 saturated heterocycles. The summed E-state index contributed by atoms with van der Waals surface area (Å²) in [6.45, 7) is 4.59. The lowest BCUT2D eigenvalue weighted by Crippen LogP contribution is -2.30. The van der Waals surface area contributed by atoms with Gasteiger partial charge in [-0.1, -0.05) is 13.0 Å². The van der Waals surface area contributed by atoms with E-state index in [4.69, 9.17) is 15.6 Å². The molecule has 0 aromatic heterocycles. The second-order valence-corrected chi connectivity index (χ2v) is 4.15. The normalized spacial score (nSPS) is 11.9. The molecule has 1 amide bonds. The van der Waals surface area contributed by atoms with Gasteiger partial charge in [0.25, 0.3) is 5.91 Å². The number of ether oxygens (including phenoxy) is 1. The van der Waals surface area contributed by atoms with Crippen molar-refractivity contribution in [1.29, 1.82) is 0 Å². The van der Waals surface area contributed by atoms with Crippen molar-refractivity contribution in [2.45, 2.75) is 13.8 Å². The van der Waals surface area contributed by atoms with Gasteiger partial charge in [0.2, 0.25) is 0 Å². The van der Waals surface area contributed by atoms with Gasteiger partial charge in [-0.3, -0.25) is 4.79 Å². The van der Waals surface area contributed by atoms with E-state index in [1.165, 1.54) is 0 Å². The number of aliphatic hydroxyl groups is 1. The number of amides is 1. The Morgan fingerprint density at radius 1 is 1.56 bits per heavy atom. The second kappa shape index (κ2) is 6.86. The van der Waals surface area contributed by atoms with E-state index < -0.39 is 0 Å². The third-order valence-electron chi connectivity index (χ3n) is 2.51. The molecule has 1 atom stereocenters. The van der Waals surface area contributed by atoms with Crippen LogP contribution in [0.25, 0.3) is 0 Å². The summed E-state index contributed by atoms with van der Waals surface area (Å²) in [6.07, 6.45) is 0. The van der Waals surface area contributed by atoms with Crippen LogP contribution < -0.4 is 15.8 Å². The van der Waals surface area contributed by atoms with Crippen molar-refractivity contribution in [3.63, 3.8) is 0 Å². The van der Waals surface area contributed by atoms with Crippen molar-refractivity contribution in [1.82, 2.24) is 5.32 Å². The molecule has 1 rings (SSSR count). The van der Waals surface area contributed by atoms with Crippen LogP contribution in [-0.4, -0.2) is 30.8 Å². The summed E-state index contributed by atoms with van der Waals surface area (Å²) in [5.41, 5.74) is 6.54. The highest BCUT2D eigenvalue weighted by molar-refractivity contribution is 6.01. The van der Waals surface area contributed by atoms with Crippen molar-refractivity contribution >= 4 is 11.6 Å². The molecule has 0 radical (unpaired) electrons. The molecular weight excluding hydrogens is 232 g/mol. The van der Waals surface area contributed by atoms with Crippen LogP contribution in [0.2, 0.25) is 0 Å². The second-order valence-electron chi connectivity index (χ2n) is 4.15. The fourth-order valence-corrected chi connectivity index (χ4v) is 1.49. The first-order chi connectivity index (χ1) is 8.60. The lowest BCUT2D eigenvalue weighted by atomic mass is 10.1. The van der Waals surface area contributed by atoms with Crippen molar-refractivity contribution in [2.24, 2.45) is 5.92 Å². The zero-order valence-corrected chi connectivity index (χ0v) is 10.8. The number of aliphatic hydroxyl groups excluding tert-OH is 1. The highest BCUT2D eigenvalue weighted by atomic mass is 16.5. The number of rotatable bonds is 6. The van der Waals surface area contributed by atoms with Gasteiger partial charge in [-0.15, -0.1) is 0 Å². The van der Waals surface area contributed by atoms with Crippen LogP contribution in [0.15, 0.2) is 18.2 Å². The van der Waals surface area contributed by atoms with Crippen molar-refractivity contribution < 1.29 is 14.6 Å². The highest BCUT2D eigenvalue weighted by Crippen LogP contribution is 2.24. The lowest BCUT2D eigenvalue weighted by molar-refractivity contribution is 0.0939. The molecule has 100 valence electrons. The maximum atomic E-state index is 12.0. The number of carbonyl (C=O) groups excluding carboxylic acids is 1. The van der Waals surface area contributed by atoms with Gasteiger partial charge in [0.1, 0.15) is 11.3 Å². The quantitative estimate of drug-likeness (QED) is 0.660. The average Bonchev–Trinajstić information content (AvgIpc) is 2.36. The van der Waals surface area contributed by atoms with E-state index >= 15 is 0 Å². The van der Waals surface area contributed by atoms with Crippen LogP contribution in [-0.2, 0) is 0 Å². The summed E-state index contributed by atoms with van der Waals surface area (Å²) < 4.78 is 5.38. The third-order valence-corrected chi connectivity index (χ3v) is 2.51. The van der Waals surface area contributed by atoms with Gasteiger partial charge < -0.3 is 20.9 Å². The van der Waals surface area contributed by atoms with Crippen LogP contribution in [0.3, 0.4) is 0 Å². The minimum absolute atomic E-state index is 0.00873. The van der Waals surface area contributed by atoms with Gasteiger partial charge >= 0.3 is 0 Å². The van der Waals surface area contributed by atoms with Crippen LogP contribution in [0.4, 0.5) is 5.69 Å². The van der Waals surface area contributed by atoms with Gasteiger partial charge in [-0.2, -0.15) is 0 Å². The number of nitrogens with one attached hydrogen (secondary N) is 1. The predicted molar refractivity (Wildman–Crippen MR) is 70.6 cm³/mol. The molecule has 4 N–H and O–H groups in total. The molecule has 1 aromatic rings. The van der Waals surface area contributed by atoms with E-state index in [9.17, 15) is 4.79 Å². The molecule has 1 aromatic carbocycles. The predicted octanol–water partition coefficient (Wildman–Crippen LogP) is 1.03. The first-order valence-electron chi connectivity index (χ1n) is 6.00. The average molecular weight is 252 g/mol. The summed E-state index contributed by atoms with van der Waals surface area (Å²) >= 11 is 0. The Balaban J connectivity index is 2.83. The van der Waals surface area contributed by atoms with Crippen LogP contribution in [0, 0.1) is 5.92 Å². The minimum atomic E-state index is -0.281. The van der Waals surface area contributed by atoms with Gasteiger partial charge in [-0.25, -0.2) is 0 Å². The standard InChI is InChI=1S/C13H20N2O3/c1-3-18-11-6-4-5-10(14)12(11)13(17)15-7-9(2)8-16/h4-6,9,16H,3,7-8,14H2,1-2H3,(H,15,17). The highest BCUT2D eigenvalue weighted by Gasteiger charge is 2.16. The number of anilines is 1. The number of hydrogen-bond donors (Lipinski definition) is 3. The van der Waals surface area contributed by atoms with E-state index in [-0.39, 0.29) is 18.4 Å². The third kappa shape index (κ3) is 3.63. The van der Waals surface area contributed by atoms with Crippen LogP contribution in [0.1, 0.15) is 24.2 Å². The van der Waals surface area contributed by atoms with E-state index in [1.807, 2.05) is 13.8 Å². The SMILES string of the molecule is CCOc1cccc(N)c1C(=O)NCC(C)CO. The Hall–Kier alpha value is -1.75. The first-order valence-corrected chi connectivity index (χ1v) is 6.00. The molecule has 0 aliphatic rings.